The first-order valence-corrected chi connectivity index (χ1v) is 15.0. The summed E-state index contributed by atoms with van der Waals surface area (Å²) in [4.78, 5) is 14.1. The predicted molar refractivity (Wildman–Crippen MR) is 182 cm³/mol. The molecule has 9 rings (SSSR count). The van der Waals surface area contributed by atoms with Crippen LogP contribution >= 0.6 is 0 Å². The van der Waals surface area contributed by atoms with Gasteiger partial charge >= 0.3 is 0 Å². The average molecular weight is 579 g/mol. The van der Waals surface area contributed by atoms with Crippen LogP contribution < -0.4 is 0 Å². The third-order valence-electron chi connectivity index (χ3n) is 8.54. The van der Waals surface area contributed by atoms with Crippen LogP contribution in [0.1, 0.15) is 5.82 Å². The Kier molecular flexibility index (Phi) is 5.65. The largest absolute Gasteiger partial charge is 0.454 e. The molecule has 0 spiro atoms. The summed E-state index contributed by atoms with van der Waals surface area (Å²) in [5.41, 5.74) is 9.17. The summed E-state index contributed by atoms with van der Waals surface area (Å²) >= 11 is 0. The molecule has 0 N–H and O–H groups in total. The molecule has 0 fully saturated rings. The summed E-state index contributed by atoms with van der Waals surface area (Å²) in [5, 5.41) is 4.54. The van der Waals surface area contributed by atoms with Crippen LogP contribution in [0.5, 0.6) is 0 Å². The number of aryl methyl sites for hydroxylation is 1. The number of fused-ring (bicyclic) bond motifs is 6. The Hall–Kier alpha value is -6.07. The number of para-hydroxylation sites is 2. The van der Waals surface area contributed by atoms with Gasteiger partial charge in [-0.15, -0.1) is 0 Å². The van der Waals surface area contributed by atoms with Gasteiger partial charge in [0.15, 0.2) is 17.2 Å². The van der Waals surface area contributed by atoms with E-state index in [0.717, 1.165) is 49.8 Å². The van der Waals surface area contributed by atoms with Gasteiger partial charge < -0.3 is 8.98 Å². The van der Waals surface area contributed by atoms with Crippen LogP contribution in [0.4, 0.5) is 0 Å². The van der Waals surface area contributed by atoms with Crippen molar-refractivity contribution in [1.82, 2.24) is 19.5 Å². The van der Waals surface area contributed by atoms with Crippen molar-refractivity contribution in [2.75, 3.05) is 0 Å². The van der Waals surface area contributed by atoms with Crippen molar-refractivity contribution in [2.45, 2.75) is 6.92 Å². The van der Waals surface area contributed by atoms with E-state index >= 15 is 0 Å². The summed E-state index contributed by atoms with van der Waals surface area (Å²) < 4.78 is 9.04. The van der Waals surface area contributed by atoms with E-state index in [2.05, 4.69) is 118 Å². The minimum Gasteiger partial charge on any atom is -0.454 e. The molecule has 45 heavy (non-hydrogen) atoms. The van der Waals surface area contributed by atoms with E-state index in [1.807, 2.05) is 43.3 Å². The molecule has 212 valence electrons. The van der Waals surface area contributed by atoms with Gasteiger partial charge in [0.2, 0.25) is 0 Å². The topological polar surface area (TPSA) is 56.7 Å². The fourth-order valence-electron chi connectivity index (χ4n) is 6.47. The number of hydrogen-bond acceptors (Lipinski definition) is 4. The Bertz CT molecular complexity index is 2550. The molecule has 5 heteroatoms. The maximum atomic E-state index is 6.71. The molecule has 5 nitrogen and oxygen atoms in total. The second-order valence-electron chi connectivity index (χ2n) is 11.3. The molecule has 0 saturated heterocycles. The lowest BCUT2D eigenvalue weighted by molar-refractivity contribution is 0.666. The molecule has 3 heterocycles. The highest BCUT2D eigenvalue weighted by atomic mass is 16.3. The average Bonchev–Trinajstić information content (AvgIpc) is 3.64. The van der Waals surface area contributed by atoms with Crippen molar-refractivity contribution in [3.63, 3.8) is 0 Å². The van der Waals surface area contributed by atoms with E-state index in [0.29, 0.717) is 17.5 Å². The maximum absolute atomic E-state index is 6.71. The van der Waals surface area contributed by atoms with E-state index in [9.17, 15) is 0 Å². The van der Waals surface area contributed by atoms with Gasteiger partial charge in [-0.1, -0.05) is 103 Å². The second-order valence-corrected chi connectivity index (χ2v) is 11.3. The molecule has 0 aliphatic rings. The highest BCUT2D eigenvalue weighted by Crippen LogP contribution is 2.39. The van der Waals surface area contributed by atoms with E-state index < -0.39 is 0 Å². The SMILES string of the molecule is Cc1nc(-c2ccccc2)nc(-c2ccc3c(c2)oc2c(-n4c5ccccc5c5cc(-c6ccccc6)ccc54)cccc23)n1. The van der Waals surface area contributed by atoms with Crippen molar-refractivity contribution in [1.29, 1.82) is 0 Å². The van der Waals surface area contributed by atoms with E-state index in [1.54, 1.807) is 0 Å². The first kappa shape index (κ1) is 25.4. The third-order valence-corrected chi connectivity index (χ3v) is 8.54. The fourth-order valence-corrected chi connectivity index (χ4v) is 6.47. The molecule has 6 aromatic carbocycles. The Labute approximate surface area is 259 Å². The molecule has 9 aromatic rings. The zero-order chi connectivity index (χ0) is 29.9. The van der Waals surface area contributed by atoms with Crippen LogP contribution in [0.25, 0.3) is 83.3 Å². The quantitative estimate of drug-likeness (QED) is 0.208. The van der Waals surface area contributed by atoms with Gasteiger partial charge in [-0.3, -0.25) is 0 Å². The first-order chi connectivity index (χ1) is 22.2. The number of aromatic nitrogens is 4. The molecule has 0 amide bonds. The summed E-state index contributed by atoms with van der Waals surface area (Å²) in [7, 11) is 0. The number of hydrogen-bond donors (Lipinski definition) is 0. The molecule has 0 saturated carbocycles. The van der Waals surface area contributed by atoms with Crippen molar-refractivity contribution >= 4 is 43.7 Å². The fraction of sp³-hybridized carbons (Fsp3) is 0.0250. The van der Waals surface area contributed by atoms with Gasteiger partial charge in [0.1, 0.15) is 11.4 Å². The first-order valence-electron chi connectivity index (χ1n) is 15.0. The minimum absolute atomic E-state index is 0.626. The van der Waals surface area contributed by atoms with Gasteiger partial charge in [0, 0.05) is 32.7 Å². The number of rotatable bonds is 4. The van der Waals surface area contributed by atoms with Crippen molar-refractivity contribution in [3.05, 3.63) is 145 Å². The summed E-state index contributed by atoms with van der Waals surface area (Å²) in [6, 6.07) is 48.5. The Morgan fingerprint density at radius 1 is 0.467 bits per heavy atom. The third kappa shape index (κ3) is 4.13. The van der Waals surface area contributed by atoms with Gasteiger partial charge in [-0.2, -0.15) is 0 Å². The number of nitrogens with zero attached hydrogens (tertiary/aromatic N) is 4. The van der Waals surface area contributed by atoms with E-state index in [1.165, 1.54) is 21.9 Å². The molecule has 0 aliphatic carbocycles. The molecule has 0 atom stereocenters. The number of furan rings is 1. The van der Waals surface area contributed by atoms with Crippen molar-refractivity contribution in [2.24, 2.45) is 0 Å². The van der Waals surface area contributed by atoms with Crippen LogP contribution in [0.3, 0.4) is 0 Å². The summed E-state index contributed by atoms with van der Waals surface area (Å²) in [6.07, 6.45) is 0. The molecule has 3 aromatic heterocycles. The summed E-state index contributed by atoms with van der Waals surface area (Å²) in [6.45, 7) is 1.90. The van der Waals surface area contributed by atoms with E-state index in [-0.39, 0.29) is 0 Å². The van der Waals surface area contributed by atoms with Crippen molar-refractivity contribution in [3.8, 4) is 39.6 Å². The highest BCUT2D eigenvalue weighted by Gasteiger charge is 2.19. The summed E-state index contributed by atoms with van der Waals surface area (Å²) in [5.74, 6) is 1.96. The normalized spacial score (nSPS) is 11.7. The lowest BCUT2D eigenvalue weighted by Crippen LogP contribution is -1.99. The van der Waals surface area contributed by atoms with Gasteiger partial charge in [-0.05, 0) is 54.4 Å². The Morgan fingerprint density at radius 3 is 1.96 bits per heavy atom. The molecule has 0 bridgehead atoms. The Balaban J connectivity index is 1.23. The van der Waals surface area contributed by atoms with Crippen molar-refractivity contribution < 1.29 is 4.42 Å². The zero-order valence-electron chi connectivity index (χ0n) is 24.5. The highest BCUT2D eigenvalue weighted by molar-refractivity contribution is 6.13. The second kappa shape index (κ2) is 10.00. The van der Waals surface area contributed by atoms with Crippen LogP contribution in [0.15, 0.2) is 144 Å². The van der Waals surface area contributed by atoms with Gasteiger partial charge in [0.25, 0.3) is 0 Å². The predicted octanol–water partition coefficient (Wildman–Crippen LogP) is 10.2. The van der Waals surface area contributed by atoms with Crippen LogP contribution in [-0.2, 0) is 0 Å². The van der Waals surface area contributed by atoms with Crippen LogP contribution in [0.2, 0.25) is 0 Å². The molecular formula is C40H26N4O. The number of benzene rings is 6. The standard InChI is InChI=1S/C40H26N4O/c1-25-41-39(27-13-6-3-7-14-27)43-40(42-25)29-19-21-31-32-16-10-18-36(38(32)45-37(31)24-29)44-34-17-9-8-15-30(34)33-23-28(20-22-35(33)44)26-11-4-2-5-12-26/h2-24H,1H3. The van der Waals surface area contributed by atoms with Gasteiger partial charge in [-0.25, -0.2) is 15.0 Å². The minimum atomic E-state index is 0.626. The zero-order valence-corrected chi connectivity index (χ0v) is 24.5. The lowest BCUT2D eigenvalue weighted by atomic mass is 10.0. The lowest BCUT2D eigenvalue weighted by Gasteiger charge is -2.09. The molecule has 0 aliphatic heterocycles. The molecule has 0 unspecified atom stereocenters. The van der Waals surface area contributed by atoms with E-state index in [4.69, 9.17) is 9.40 Å². The van der Waals surface area contributed by atoms with Crippen LogP contribution in [-0.4, -0.2) is 19.5 Å². The maximum Gasteiger partial charge on any atom is 0.163 e. The smallest absolute Gasteiger partial charge is 0.163 e. The molecule has 0 radical (unpaired) electrons. The van der Waals surface area contributed by atoms with Crippen LogP contribution in [0, 0.1) is 6.92 Å². The Morgan fingerprint density at radius 2 is 1.13 bits per heavy atom. The molecular weight excluding hydrogens is 552 g/mol. The monoisotopic (exact) mass is 578 g/mol. The van der Waals surface area contributed by atoms with Gasteiger partial charge in [0.05, 0.1) is 16.7 Å².